The molecule has 4 nitrogen and oxygen atoms in total. The number of rotatable bonds is 2. The van der Waals surface area contributed by atoms with Crippen LogP contribution in [-0.4, -0.2) is 16.9 Å². The second-order valence-electron chi connectivity index (χ2n) is 4.83. The zero-order chi connectivity index (χ0) is 14.1. The summed E-state index contributed by atoms with van der Waals surface area (Å²) in [4.78, 5) is 17.9. The fourth-order valence-corrected chi connectivity index (χ4v) is 3.82. The number of aromatic nitrogens is 1. The zero-order valence-corrected chi connectivity index (χ0v) is 13.1. The number of fused-ring (bicyclic) bond motifs is 1. The highest BCUT2D eigenvalue weighted by Gasteiger charge is 2.21. The predicted molar refractivity (Wildman–Crippen MR) is 84.2 cm³/mol. The summed E-state index contributed by atoms with van der Waals surface area (Å²) in [7, 11) is 0. The van der Waals surface area contributed by atoms with Gasteiger partial charge < -0.3 is 5.73 Å². The number of nitrogens with one attached hydrogen (secondary N) is 1. The maximum Gasteiger partial charge on any atom is 0.258 e. The van der Waals surface area contributed by atoms with Crippen molar-refractivity contribution in [2.45, 2.75) is 25.3 Å². The lowest BCUT2D eigenvalue weighted by Gasteiger charge is -2.15. The molecule has 2 aromatic rings. The number of nitrogens with zero attached hydrogens (tertiary/aromatic N) is 1. The Bertz CT molecular complexity index is 656. The Morgan fingerprint density at radius 3 is 3.05 bits per heavy atom. The molecule has 1 atom stereocenters. The number of benzene rings is 1. The van der Waals surface area contributed by atoms with Gasteiger partial charge in [-0.2, -0.15) is 0 Å². The number of nitrogens with two attached hydrogens (primary N) is 1. The molecule has 1 aliphatic carbocycles. The number of hydrogen-bond acceptors (Lipinski definition) is 4. The Labute approximate surface area is 129 Å². The van der Waals surface area contributed by atoms with Gasteiger partial charge in [-0.25, -0.2) is 4.98 Å². The normalized spacial score (nSPS) is 17.6. The van der Waals surface area contributed by atoms with Crippen molar-refractivity contribution in [3.63, 3.8) is 0 Å². The molecule has 1 aromatic carbocycles. The molecule has 0 saturated heterocycles. The van der Waals surface area contributed by atoms with E-state index in [2.05, 4.69) is 26.2 Å². The Kier molecular flexibility index (Phi) is 3.87. The number of thiazole rings is 1. The molecular formula is C14H14BrN3OS. The average molecular weight is 352 g/mol. The summed E-state index contributed by atoms with van der Waals surface area (Å²) in [5.74, 6) is -0.145. The van der Waals surface area contributed by atoms with Crippen LogP contribution in [0.5, 0.6) is 0 Å². The highest BCUT2D eigenvalue weighted by atomic mass is 79.9. The smallest absolute Gasteiger partial charge is 0.258 e. The molecule has 1 aliphatic rings. The van der Waals surface area contributed by atoms with Gasteiger partial charge in [0.1, 0.15) is 0 Å². The van der Waals surface area contributed by atoms with E-state index in [-0.39, 0.29) is 11.9 Å². The second kappa shape index (κ2) is 5.63. The topological polar surface area (TPSA) is 68.0 Å². The molecule has 1 heterocycles. The van der Waals surface area contributed by atoms with Crippen molar-refractivity contribution in [3.8, 4) is 0 Å². The molecule has 6 heteroatoms. The monoisotopic (exact) mass is 351 g/mol. The summed E-state index contributed by atoms with van der Waals surface area (Å²) in [5, 5.41) is 3.53. The van der Waals surface area contributed by atoms with Crippen LogP contribution in [0.1, 0.15) is 27.3 Å². The van der Waals surface area contributed by atoms with Crippen LogP contribution < -0.4 is 11.1 Å². The van der Waals surface area contributed by atoms with Crippen LogP contribution >= 0.6 is 27.3 Å². The van der Waals surface area contributed by atoms with Gasteiger partial charge in [0.05, 0.1) is 11.3 Å². The predicted octanol–water partition coefficient (Wildman–Crippen LogP) is 2.97. The minimum Gasteiger partial charge on any atom is -0.327 e. The molecular weight excluding hydrogens is 338 g/mol. The second-order valence-corrected chi connectivity index (χ2v) is 6.76. The van der Waals surface area contributed by atoms with Gasteiger partial charge in [0.25, 0.3) is 5.91 Å². The van der Waals surface area contributed by atoms with E-state index in [0.29, 0.717) is 10.7 Å². The molecule has 0 radical (unpaired) electrons. The molecule has 0 aliphatic heterocycles. The Balaban J connectivity index is 1.79. The number of anilines is 1. The fourth-order valence-electron chi connectivity index (χ4n) is 2.26. The fraction of sp³-hybridized carbons (Fsp3) is 0.286. The lowest BCUT2D eigenvalue weighted by Crippen LogP contribution is -2.27. The molecule has 0 unspecified atom stereocenters. The van der Waals surface area contributed by atoms with Crippen molar-refractivity contribution >= 4 is 38.3 Å². The molecule has 104 valence electrons. The minimum atomic E-state index is -0.145. The first-order valence-electron chi connectivity index (χ1n) is 6.43. The number of amides is 1. The van der Waals surface area contributed by atoms with Crippen molar-refractivity contribution in [3.05, 3.63) is 44.9 Å². The van der Waals surface area contributed by atoms with Crippen LogP contribution in [-0.2, 0) is 12.8 Å². The van der Waals surface area contributed by atoms with Crippen molar-refractivity contribution < 1.29 is 4.79 Å². The van der Waals surface area contributed by atoms with Gasteiger partial charge in [-0.3, -0.25) is 10.1 Å². The summed E-state index contributed by atoms with van der Waals surface area (Å²) >= 11 is 4.91. The SMILES string of the molecule is N[C@H]1CCc2nc(NC(=O)c3ccccc3Br)sc2C1. The van der Waals surface area contributed by atoms with E-state index in [0.717, 1.165) is 29.4 Å². The van der Waals surface area contributed by atoms with Crippen LogP contribution in [0.4, 0.5) is 5.13 Å². The van der Waals surface area contributed by atoms with Gasteiger partial charge >= 0.3 is 0 Å². The first-order chi connectivity index (χ1) is 9.63. The molecule has 0 saturated carbocycles. The zero-order valence-electron chi connectivity index (χ0n) is 10.7. The van der Waals surface area contributed by atoms with E-state index >= 15 is 0 Å². The molecule has 3 N–H and O–H groups in total. The van der Waals surface area contributed by atoms with Crippen molar-refractivity contribution in [1.82, 2.24) is 4.98 Å². The Morgan fingerprint density at radius 1 is 1.45 bits per heavy atom. The Hall–Kier alpha value is -1.24. The summed E-state index contributed by atoms with van der Waals surface area (Å²) in [6.07, 6.45) is 2.73. The first kappa shape index (κ1) is 13.7. The minimum absolute atomic E-state index is 0.145. The maximum absolute atomic E-state index is 12.2. The first-order valence-corrected chi connectivity index (χ1v) is 8.04. The third-order valence-corrected chi connectivity index (χ3v) is 5.04. The summed E-state index contributed by atoms with van der Waals surface area (Å²) < 4.78 is 0.779. The van der Waals surface area contributed by atoms with Gasteiger partial charge in [-0.1, -0.05) is 12.1 Å². The molecule has 1 aromatic heterocycles. The van der Waals surface area contributed by atoms with E-state index in [4.69, 9.17) is 5.73 Å². The molecule has 20 heavy (non-hydrogen) atoms. The van der Waals surface area contributed by atoms with Crippen molar-refractivity contribution in [2.24, 2.45) is 5.73 Å². The van der Waals surface area contributed by atoms with E-state index in [1.165, 1.54) is 16.2 Å². The third-order valence-electron chi connectivity index (χ3n) is 3.32. The third kappa shape index (κ3) is 2.77. The number of carbonyl (C=O) groups is 1. The van der Waals surface area contributed by atoms with Crippen molar-refractivity contribution in [2.75, 3.05) is 5.32 Å². The molecule has 0 fully saturated rings. The average Bonchev–Trinajstić information content (AvgIpc) is 2.80. The van der Waals surface area contributed by atoms with Crippen LogP contribution in [0.3, 0.4) is 0 Å². The molecule has 1 amide bonds. The number of carbonyl (C=O) groups excluding carboxylic acids is 1. The standard InChI is InChI=1S/C14H14BrN3OS/c15-10-4-2-1-3-9(10)13(19)18-14-17-11-6-5-8(16)7-12(11)20-14/h1-4,8H,5-7,16H2,(H,17,18,19)/t8-/m0/s1. The van der Waals surface area contributed by atoms with E-state index in [9.17, 15) is 4.79 Å². The van der Waals surface area contributed by atoms with Crippen molar-refractivity contribution in [1.29, 1.82) is 0 Å². The van der Waals surface area contributed by atoms with E-state index < -0.39 is 0 Å². The van der Waals surface area contributed by atoms with Gasteiger partial charge in [-0.05, 0) is 47.3 Å². The van der Waals surface area contributed by atoms with E-state index in [1.54, 1.807) is 6.07 Å². The molecule has 0 bridgehead atoms. The summed E-state index contributed by atoms with van der Waals surface area (Å²) in [5.41, 5.74) is 7.65. The van der Waals surface area contributed by atoms with Gasteiger partial charge in [0.15, 0.2) is 5.13 Å². The van der Waals surface area contributed by atoms with Crippen LogP contribution in [0.15, 0.2) is 28.7 Å². The number of aryl methyl sites for hydroxylation is 1. The number of halogens is 1. The molecule has 3 rings (SSSR count). The van der Waals surface area contributed by atoms with Gasteiger partial charge in [-0.15, -0.1) is 11.3 Å². The summed E-state index contributed by atoms with van der Waals surface area (Å²) in [6.45, 7) is 0. The quantitative estimate of drug-likeness (QED) is 0.873. The lowest BCUT2D eigenvalue weighted by molar-refractivity contribution is 0.102. The largest absolute Gasteiger partial charge is 0.327 e. The highest BCUT2D eigenvalue weighted by Crippen LogP contribution is 2.29. The molecule has 0 spiro atoms. The van der Waals surface area contributed by atoms with Crippen LogP contribution in [0, 0.1) is 0 Å². The lowest BCUT2D eigenvalue weighted by atomic mass is 9.99. The Morgan fingerprint density at radius 2 is 2.25 bits per heavy atom. The van der Waals surface area contributed by atoms with Gasteiger partial charge in [0.2, 0.25) is 0 Å². The summed E-state index contributed by atoms with van der Waals surface area (Å²) in [6, 6.07) is 7.56. The maximum atomic E-state index is 12.2. The van der Waals surface area contributed by atoms with Crippen LogP contribution in [0.2, 0.25) is 0 Å². The number of hydrogen-bond donors (Lipinski definition) is 2. The van der Waals surface area contributed by atoms with Gasteiger partial charge in [0, 0.05) is 15.4 Å². The van der Waals surface area contributed by atoms with E-state index in [1.807, 2.05) is 18.2 Å². The highest BCUT2D eigenvalue weighted by molar-refractivity contribution is 9.10. The van der Waals surface area contributed by atoms with Crippen LogP contribution in [0.25, 0.3) is 0 Å².